The van der Waals surface area contributed by atoms with E-state index < -0.39 is 29.6 Å². The minimum atomic E-state index is -4.58. The summed E-state index contributed by atoms with van der Waals surface area (Å²) in [6.45, 7) is 0. The summed E-state index contributed by atoms with van der Waals surface area (Å²) in [5.41, 5.74) is -0.175. The molecule has 0 spiro atoms. The second kappa shape index (κ2) is 7.68. The molecule has 6 heteroatoms. The largest absolute Gasteiger partial charge is 0.474 e. The van der Waals surface area contributed by atoms with Crippen molar-refractivity contribution in [3.05, 3.63) is 71.8 Å². The Kier molecular flexibility index (Phi) is 5.63. The van der Waals surface area contributed by atoms with Crippen molar-refractivity contribution in [2.45, 2.75) is 12.3 Å². The SMILES string of the molecule is COC(=O)C(C=Cc1ccccc1)Oc1ccccc1C(F)(F)F. The van der Waals surface area contributed by atoms with Crippen LogP contribution in [-0.2, 0) is 15.7 Å². The summed E-state index contributed by atoms with van der Waals surface area (Å²) in [5, 5.41) is 0. The number of rotatable bonds is 5. The fourth-order valence-corrected chi connectivity index (χ4v) is 1.99. The Hall–Kier alpha value is -2.76. The molecule has 0 N–H and O–H groups in total. The number of carbonyl (C=O) groups excluding carboxylic acids is 1. The third kappa shape index (κ3) is 4.62. The van der Waals surface area contributed by atoms with E-state index in [2.05, 4.69) is 4.74 Å². The molecule has 0 radical (unpaired) electrons. The number of para-hydroxylation sites is 1. The Labute approximate surface area is 137 Å². The number of benzene rings is 2. The summed E-state index contributed by atoms with van der Waals surface area (Å²) >= 11 is 0. The average molecular weight is 336 g/mol. The van der Waals surface area contributed by atoms with Crippen LogP contribution in [0.5, 0.6) is 5.75 Å². The maximum absolute atomic E-state index is 13.0. The molecular weight excluding hydrogens is 321 g/mol. The van der Waals surface area contributed by atoms with Crippen molar-refractivity contribution < 1.29 is 27.4 Å². The summed E-state index contributed by atoms with van der Waals surface area (Å²) in [6, 6.07) is 13.7. The molecule has 0 fully saturated rings. The summed E-state index contributed by atoms with van der Waals surface area (Å²) in [6.07, 6.45) is -2.94. The van der Waals surface area contributed by atoms with Crippen molar-refractivity contribution in [1.29, 1.82) is 0 Å². The second-order valence-corrected chi connectivity index (χ2v) is 4.83. The molecule has 0 aliphatic rings. The predicted octanol–water partition coefficient (Wildman–Crippen LogP) is 4.34. The third-order valence-electron chi connectivity index (χ3n) is 3.14. The normalized spacial score (nSPS) is 12.8. The van der Waals surface area contributed by atoms with E-state index in [9.17, 15) is 18.0 Å². The van der Waals surface area contributed by atoms with Crippen molar-refractivity contribution in [2.24, 2.45) is 0 Å². The lowest BCUT2D eigenvalue weighted by molar-refractivity contribution is -0.149. The highest BCUT2D eigenvalue weighted by molar-refractivity contribution is 5.78. The monoisotopic (exact) mass is 336 g/mol. The van der Waals surface area contributed by atoms with Gasteiger partial charge in [-0.2, -0.15) is 13.2 Å². The van der Waals surface area contributed by atoms with Gasteiger partial charge >= 0.3 is 12.1 Å². The van der Waals surface area contributed by atoms with Crippen molar-refractivity contribution in [3.63, 3.8) is 0 Å². The summed E-state index contributed by atoms with van der Waals surface area (Å²) in [4.78, 5) is 11.8. The first-order valence-corrected chi connectivity index (χ1v) is 7.06. The van der Waals surface area contributed by atoms with E-state index in [0.29, 0.717) is 0 Å². The van der Waals surface area contributed by atoms with E-state index in [1.807, 2.05) is 6.07 Å². The van der Waals surface area contributed by atoms with Gasteiger partial charge in [0.25, 0.3) is 0 Å². The molecule has 2 aromatic carbocycles. The lowest BCUT2D eigenvalue weighted by Crippen LogP contribution is -2.27. The van der Waals surface area contributed by atoms with Gasteiger partial charge in [-0.1, -0.05) is 48.5 Å². The number of hydrogen-bond donors (Lipinski definition) is 0. The van der Waals surface area contributed by atoms with Crippen molar-refractivity contribution in [3.8, 4) is 5.75 Å². The number of esters is 1. The molecule has 0 bridgehead atoms. The van der Waals surface area contributed by atoms with E-state index >= 15 is 0 Å². The molecule has 0 aromatic heterocycles. The Bertz CT molecular complexity index is 709. The van der Waals surface area contributed by atoms with Gasteiger partial charge in [-0.25, -0.2) is 4.79 Å². The van der Waals surface area contributed by atoms with Gasteiger partial charge in [-0.3, -0.25) is 0 Å². The van der Waals surface area contributed by atoms with Crippen LogP contribution in [0.25, 0.3) is 6.08 Å². The molecule has 3 nitrogen and oxygen atoms in total. The molecule has 0 heterocycles. The zero-order chi connectivity index (χ0) is 17.6. The first kappa shape index (κ1) is 17.6. The second-order valence-electron chi connectivity index (χ2n) is 4.83. The highest BCUT2D eigenvalue weighted by Crippen LogP contribution is 2.36. The molecule has 0 saturated carbocycles. The summed E-state index contributed by atoms with van der Waals surface area (Å²) in [7, 11) is 1.14. The van der Waals surface area contributed by atoms with Crippen LogP contribution >= 0.6 is 0 Å². The fraction of sp³-hybridized carbons (Fsp3) is 0.167. The molecule has 0 aliphatic heterocycles. The Morgan fingerprint density at radius 1 is 1.04 bits per heavy atom. The number of hydrogen-bond acceptors (Lipinski definition) is 3. The van der Waals surface area contributed by atoms with Crippen LogP contribution in [0.3, 0.4) is 0 Å². The van der Waals surface area contributed by atoms with Crippen LogP contribution in [0.4, 0.5) is 13.2 Å². The lowest BCUT2D eigenvalue weighted by Gasteiger charge is -2.17. The average Bonchev–Trinajstić information content (AvgIpc) is 2.58. The molecule has 2 aromatic rings. The molecule has 0 amide bonds. The van der Waals surface area contributed by atoms with Crippen molar-refractivity contribution in [1.82, 2.24) is 0 Å². The highest BCUT2D eigenvalue weighted by atomic mass is 19.4. The van der Waals surface area contributed by atoms with E-state index in [4.69, 9.17) is 4.74 Å². The Morgan fingerprint density at radius 2 is 1.67 bits per heavy atom. The van der Waals surface area contributed by atoms with Gasteiger partial charge < -0.3 is 9.47 Å². The van der Waals surface area contributed by atoms with Gasteiger partial charge in [0.1, 0.15) is 5.75 Å². The number of ether oxygens (including phenoxy) is 2. The van der Waals surface area contributed by atoms with E-state index in [-0.39, 0.29) is 0 Å². The topological polar surface area (TPSA) is 35.5 Å². The third-order valence-corrected chi connectivity index (χ3v) is 3.14. The molecule has 2 rings (SSSR count). The molecule has 0 saturated heterocycles. The first-order valence-electron chi connectivity index (χ1n) is 7.06. The number of halogens is 3. The summed E-state index contributed by atoms with van der Waals surface area (Å²) < 4.78 is 48.9. The minimum Gasteiger partial charge on any atom is -0.474 e. The number of methoxy groups -OCH3 is 1. The van der Waals surface area contributed by atoms with Gasteiger partial charge in [-0.15, -0.1) is 0 Å². The van der Waals surface area contributed by atoms with E-state index in [1.54, 1.807) is 30.3 Å². The zero-order valence-corrected chi connectivity index (χ0v) is 12.8. The molecule has 126 valence electrons. The van der Waals surface area contributed by atoms with Crippen LogP contribution in [0.1, 0.15) is 11.1 Å². The Morgan fingerprint density at radius 3 is 2.29 bits per heavy atom. The standard InChI is InChI=1S/C18H15F3O3/c1-23-17(22)16(12-11-13-7-3-2-4-8-13)24-15-10-6-5-9-14(15)18(19,20)21/h2-12,16H,1H3. The van der Waals surface area contributed by atoms with E-state index in [1.165, 1.54) is 18.2 Å². The quantitative estimate of drug-likeness (QED) is 0.762. The maximum Gasteiger partial charge on any atom is 0.419 e. The smallest absolute Gasteiger partial charge is 0.419 e. The lowest BCUT2D eigenvalue weighted by atomic mass is 10.1. The Balaban J connectivity index is 2.28. The van der Waals surface area contributed by atoms with Gasteiger partial charge in [0.15, 0.2) is 0 Å². The predicted molar refractivity (Wildman–Crippen MR) is 83.4 cm³/mol. The van der Waals surface area contributed by atoms with Crippen molar-refractivity contribution >= 4 is 12.0 Å². The first-order chi connectivity index (χ1) is 11.4. The minimum absolute atomic E-state index is 0.432. The van der Waals surface area contributed by atoms with Gasteiger partial charge in [0, 0.05) is 0 Å². The number of alkyl halides is 3. The fourth-order valence-electron chi connectivity index (χ4n) is 1.99. The summed E-state index contributed by atoms with van der Waals surface area (Å²) in [5.74, 6) is -1.22. The molecular formula is C18H15F3O3. The number of carbonyl (C=O) groups is 1. The van der Waals surface area contributed by atoms with Crippen LogP contribution in [0, 0.1) is 0 Å². The molecule has 0 aliphatic carbocycles. The molecule has 1 atom stereocenters. The molecule has 1 unspecified atom stereocenters. The maximum atomic E-state index is 13.0. The van der Waals surface area contributed by atoms with Crippen LogP contribution in [-0.4, -0.2) is 19.2 Å². The zero-order valence-electron chi connectivity index (χ0n) is 12.8. The van der Waals surface area contributed by atoms with Crippen LogP contribution in [0.2, 0.25) is 0 Å². The van der Waals surface area contributed by atoms with Gasteiger partial charge in [0.2, 0.25) is 6.10 Å². The van der Waals surface area contributed by atoms with Crippen LogP contribution < -0.4 is 4.74 Å². The highest BCUT2D eigenvalue weighted by Gasteiger charge is 2.35. The van der Waals surface area contributed by atoms with E-state index in [0.717, 1.165) is 24.8 Å². The van der Waals surface area contributed by atoms with Crippen LogP contribution in [0.15, 0.2) is 60.7 Å². The van der Waals surface area contributed by atoms with Gasteiger partial charge in [0.05, 0.1) is 12.7 Å². The molecule has 24 heavy (non-hydrogen) atoms. The van der Waals surface area contributed by atoms with Gasteiger partial charge in [-0.05, 0) is 23.8 Å². The van der Waals surface area contributed by atoms with Crippen molar-refractivity contribution in [2.75, 3.05) is 7.11 Å².